The molecule has 0 aliphatic rings. The number of fused-ring (bicyclic) bond motifs is 1. The lowest BCUT2D eigenvalue weighted by atomic mass is 10.0. The summed E-state index contributed by atoms with van der Waals surface area (Å²) in [5.41, 5.74) is 7.05. The van der Waals surface area contributed by atoms with Gasteiger partial charge in [-0.05, 0) is 19.4 Å². The van der Waals surface area contributed by atoms with Gasteiger partial charge in [0.05, 0.1) is 5.69 Å². The molecule has 4 nitrogen and oxygen atoms in total. The van der Waals surface area contributed by atoms with Crippen LogP contribution in [0.25, 0.3) is 4.96 Å². The summed E-state index contributed by atoms with van der Waals surface area (Å²) in [7, 11) is 0. The quantitative estimate of drug-likeness (QED) is 0.813. The third kappa shape index (κ3) is 2.99. The van der Waals surface area contributed by atoms with Crippen LogP contribution in [0.4, 0.5) is 5.82 Å². The SMILES string of the molecule is CCC(CC)CN(CC)c1nc2sccn2c1CCN. The second kappa shape index (κ2) is 7.09. The zero-order chi connectivity index (χ0) is 14.5. The van der Waals surface area contributed by atoms with E-state index in [0.717, 1.165) is 36.2 Å². The number of aromatic nitrogens is 2. The zero-order valence-electron chi connectivity index (χ0n) is 12.8. The second-order valence-electron chi connectivity index (χ2n) is 5.20. The van der Waals surface area contributed by atoms with Gasteiger partial charge in [0.15, 0.2) is 10.8 Å². The molecule has 0 saturated carbocycles. The largest absolute Gasteiger partial charge is 0.355 e. The lowest BCUT2D eigenvalue weighted by Crippen LogP contribution is -2.30. The minimum atomic E-state index is 0.666. The van der Waals surface area contributed by atoms with Crippen LogP contribution in [0, 0.1) is 5.92 Å². The van der Waals surface area contributed by atoms with Crippen molar-refractivity contribution in [3.05, 3.63) is 17.3 Å². The van der Waals surface area contributed by atoms with E-state index in [-0.39, 0.29) is 0 Å². The van der Waals surface area contributed by atoms with Crippen LogP contribution in [-0.4, -0.2) is 29.0 Å². The summed E-state index contributed by atoms with van der Waals surface area (Å²) < 4.78 is 2.20. The fourth-order valence-electron chi connectivity index (χ4n) is 2.67. The number of hydrogen-bond acceptors (Lipinski definition) is 4. The molecule has 0 amide bonds. The Labute approximate surface area is 125 Å². The fourth-order valence-corrected chi connectivity index (χ4v) is 3.40. The number of hydrogen-bond donors (Lipinski definition) is 1. The molecular formula is C15H26N4S. The van der Waals surface area contributed by atoms with E-state index in [0.29, 0.717) is 6.54 Å². The highest BCUT2D eigenvalue weighted by Crippen LogP contribution is 2.26. The molecule has 0 atom stereocenters. The third-order valence-corrected chi connectivity index (χ3v) is 4.79. The summed E-state index contributed by atoms with van der Waals surface area (Å²) in [4.78, 5) is 8.33. The van der Waals surface area contributed by atoms with Gasteiger partial charge in [0, 0.05) is 31.1 Å². The molecular weight excluding hydrogens is 268 g/mol. The number of nitrogens with zero attached hydrogens (tertiary/aromatic N) is 3. The molecule has 2 aromatic rings. The van der Waals surface area contributed by atoms with Crippen molar-refractivity contribution in [1.29, 1.82) is 0 Å². The second-order valence-corrected chi connectivity index (χ2v) is 6.07. The Hall–Kier alpha value is -1.07. The molecule has 0 spiro atoms. The smallest absolute Gasteiger partial charge is 0.195 e. The van der Waals surface area contributed by atoms with Gasteiger partial charge in [-0.3, -0.25) is 4.40 Å². The third-order valence-electron chi connectivity index (χ3n) is 4.04. The molecule has 0 aromatic carbocycles. The minimum absolute atomic E-state index is 0.666. The van der Waals surface area contributed by atoms with Crippen LogP contribution in [0.3, 0.4) is 0 Å². The highest BCUT2D eigenvalue weighted by atomic mass is 32.1. The fraction of sp³-hybridized carbons (Fsp3) is 0.667. The molecule has 0 radical (unpaired) electrons. The summed E-state index contributed by atoms with van der Waals surface area (Å²) in [5.74, 6) is 1.87. The number of anilines is 1. The number of rotatable bonds is 8. The molecule has 2 heterocycles. The number of thiazole rings is 1. The first kappa shape index (κ1) is 15.3. The average molecular weight is 294 g/mol. The van der Waals surface area contributed by atoms with Crippen LogP contribution in [0.1, 0.15) is 39.3 Å². The lowest BCUT2D eigenvalue weighted by Gasteiger charge is -2.26. The Bertz CT molecular complexity index is 527. The van der Waals surface area contributed by atoms with E-state index in [2.05, 4.69) is 41.6 Å². The van der Waals surface area contributed by atoms with E-state index >= 15 is 0 Å². The van der Waals surface area contributed by atoms with Crippen molar-refractivity contribution in [1.82, 2.24) is 9.38 Å². The Morgan fingerprint density at radius 3 is 2.70 bits per heavy atom. The maximum atomic E-state index is 5.79. The molecule has 20 heavy (non-hydrogen) atoms. The first-order valence-electron chi connectivity index (χ1n) is 7.64. The predicted octanol–water partition coefficient (Wildman–Crippen LogP) is 3.16. The van der Waals surface area contributed by atoms with Crippen molar-refractivity contribution in [2.75, 3.05) is 24.5 Å². The highest BCUT2D eigenvalue weighted by molar-refractivity contribution is 7.15. The summed E-state index contributed by atoms with van der Waals surface area (Å²) in [6, 6.07) is 0. The van der Waals surface area contributed by atoms with Crippen LogP contribution in [0.5, 0.6) is 0 Å². The van der Waals surface area contributed by atoms with Crippen LogP contribution in [-0.2, 0) is 6.42 Å². The molecule has 0 aliphatic heterocycles. The summed E-state index contributed by atoms with van der Waals surface area (Å²) >= 11 is 1.69. The summed E-state index contributed by atoms with van der Waals surface area (Å²) in [5, 5.41) is 2.09. The van der Waals surface area contributed by atoms with Crippen LogP contribution in [0.2, 0.25) is 0 Å². The van der Waals surface area contributed by atoms with Crippen molar-refractivity contribution in [3.63, 3.8) is 0 Å². The van der Waals surface area contributed by atoms with Crippen LogP contribution < -0.4 is 10.6 Å². The zero-order valence-corrected chi connectivity index (χ0v) is 13.6. The normalized spacial score (nSPS) is 11.7. The van der Waals surface area contributed by atoms with Gasteiger partial charge in [0.1, 0.15) is 0 Å². The van der Waals surface area contributed by atoms with E-state index in [1.807, 2.05) is 0 Å². The molecule has 0 unspecified atom stereocenters. The maximum Gasteiger partial charge on any atom is 0.195 e. The van der Waals surface area contributed by atoms with E-state index in [1.165, 1.54) is 18.5 Å². The summed E-state index contributed by atoms with van der Waals surface area (Å²) in [6.07, 6.45) is 5.43. The number of imidazole rings is 1. The molecule has 2 rings (SSSR count). The van der Waals surface area contributed by atoms with Gasteiger partial charge in [-0.15, -0.1) is 11.3 Å². The Morgan fingerprint density at radius 2 is 2.10 bits per heavy atom. The van der Waals surface area contributed by atoms with Crippen molar-refractivity contribution in [2.45, 2.75) is 40.0 Å². The minimum Gasteiger partial charge on any atom is -0.355 e. The molecule has 2 aromatic heterocycles. The van der Waals surface area contributed by atoms with Crippen LogP contribution in [0.15, 0.2) is 11.6 Å². The monoisotopic (exact) mass is 294 g/mol. The molecule has 0 saturated heterocycles. The Balaban J connectivity index is 2.32. The number of nitrogens with two attached hydrogens (primary N) is 1. The molecule has 112 valence electrons. The van der Waals surface area contributed by atoms with Gasteiger partial charge in [-0.1, -0.05) is 26.7 Å². The topological polar surface area (TPSA) is 46.6 Å². The Morgan fingerprint density at radius 1 is 1.35 bits per heavy atom. The van der Waals surface area contributed by atoms with E-state index in [9.17, 15) is 0 Å². The predicted molar refractivity (Wildman–Crippen MR) is 87.8 cm³/mol. The average Bonchev–Trinajstić information content (AvgIpc) is 3.04. The van der Waals surface area contributed by atoms with Gasteiger partial charge in [0.2, 0.25) is 0 Å². The summed E-state index contributed by atoms with van der Waals surface area (Å²) in [6.45, 7) is 9.51. The molecule has 0 bridgehead atoms. The van der Waals surface area contributed by atoms with Crippen molar-refractivity contribution < 1.29 is 0 Å². The van der Waals surface area contributed by atoms with Gasteiger partial charge >= 0.3 is 0 Å². The highest BCUT2D eigenvalue weighted by Gasteiger charge is 2.19. The molecule has 2 N–H and O–H groups in total. The first-order chi connectivity index (χ1) is 9.74. The van der Waals surface area contributed by atoms with E-state index in [4.69, 9.17) is 10.7 Å². The van der Waals surface area contributed by atoms with Gasteiger partial charge in [0.25, 0.3) is 0 Å². The van der Waals surface area contributed by atoms with E-state index in [1.54, 1.807) is 11.3 Å². The molecule has 0 fully saturated rings. The Kier molecular flexibility index (Phi) is 5.43. The van der Waals surface area contributed by atoms with E-state index < -0.39 is 0 Å². The van der Waals surface area contributed by atoms with Crippen molar-refractivity contribution in [3.8, 4) is 0 Å². The standard InChI is InChI=1S/C15H26N4S/c1-4-12(5-2)11-18(6-3)14-13(7-8-16)19-9-10-20-15(19)17-14/h9-10,12H,4-8,11,16H2,1-3H3. The van der Waals surface area contributed by atoms with Gasteiger partial charge < -0.3 is 10.6 Å². The van der Waals surface area contributed by atoms with Crippen molar-refractivity contribution in [2.24, 2.45) is 11.7 Å². The molecule has 0 aliphatic carbocycles. The van der Waals surface area contributed by atoms with Crippen molar-refractivity contribution >= 4 is 22.1 Å². The van der Waals surface area contributed by atoms with Gasteiger partial charge in [-0.25, -0.2) is 4.98 Å². The van der Waals surface area contributed by atoms with Crippen LogP contribution >= 0.6 is 11.3 Å². The molecule has 5 heteroatoms. The maximum absolute atomic E-state index is 5.79. The lowest BCUT2D eigenvalue weighted by molar-refractivity contribution is 0.484. The van der Waals surface area contributed by atoms with Gasteiger partial charge in [-0.2, -0.15) is 0 Å². The first-order valence-corrected chi connectivity index (χ1v) is 8.52.